The van der Waals surface area contributed by atoms with Gasteiger partial charge in [0, 0.05) is 25.2 Å². The minimum absolute atomic E-state index is 0.00620. The largest absolute Gasteiger partial charge is 0.366 e. The normalized spacial score (nSPS) is 16.6. The van der Waals surface area contributed by atoms with Gasteiger partial charge in [0.25, 0.3) is 5.69 Å². The van der Waals surface area contributed by atoms with Gasteiger partial charge in [0.05, 0.1) is 4.92 Å². The molecule has 92 valence electrons. The van der Waals surface area contributed by atoms with Gasteiger partial charge >= 0.3 is 0 Å². The van der Waals surface area contributed by atoms with Crippen LogP contribution in [0.3, 0.4) is 0 Å². The van der Waals surface area contributed by atoms with Crippen LogP contribution < -0.4 is 4.90 Å². The molecule has 2 rings (SSSR count). The molecular formula is C12H15FN2O2. The number of anilines is 1. The fourth-order valence-corrected chi connectivity index (χ4v) is 2.22. The molecule has 0 amide bonds. The van der Waals surface area contributed by atoms with Gasteiger partial charge in [0.15, 0.2) is 0 Å². The molecule has 0 aromatic heterocycles. The van der Waals surface area contributed by atoms with Crippen molar-refractivity contribution in [3.8, 4) is 0 Å². The second-order valence-corrected chi connectivity index (χ2v) is 4.29. The van der Waals surface area contributed by atoms with Crippen LogP contribution in [0.5, 0.6) is 0 Å². The zero-order valence-electron chi connectivity index (χ0n) is 9.56. The van der Waals surface area contributed by atoms with E-state index in [1.54, 1.807) is 0 Å². The Morgan fingerprint density at radius 2 is 1.82 bits per heavy atom. The van der Waals surface area contributed by atoms with E-state index in [0.29, 0.717) is 5.69 Å². The van der Waals surface area contributed by atoms with Crippen molar-refractivity contribution in [2.75, 3.05) is 18.0 Å². The highest BCUT2D eigenvalue weighted by Gasteiger charge is 2.20. The molecule has 1 saturated heterocycles. The number of nitro benzene ring substituents is 1. The molecule has 1 aliphatic rings. The first-order chi connectivity index (χ1) is 8.18. The molecule has 0 saturated carbocycles. The highest BCUT2D eigenvalue weighted by Crippen LogP contribution is 2.30. The maximum atomic E-state index is 13.2. The first-order valence-electron chi connectivity index (χ1n) is 5.87. The summed E-state index contributed by atoms with van der Waals surface area (Å²) in [6.45, 7) is 1.54. The number of hydrogen-bond donors (Lipinski definition) is 0. The average Bonchev–Trinajstić information content (AvgIpc) is 2.56. The summed E-state index contributed by atoms with van der Waals surface area (Å²) in [5.74, 6) is -0.421. The van der Waals surface area contributed by atoms with Gasteiger partial charge in [0.2, 0.25) is 0 Å². The fourth-order valence-electron chi connectivity index (χ4n) is 2.22. The maximum Gasteiger partial charge on any atom is 0.292 e. The van der Waals surface area contributed by atoms with Crippen LogP contribution >= 0.6 is 0 Å². The number of halogens is 1. The van der Waals surface area contributed by atoms with E-state index in [9.17, 15) is 14.5 Å². The molecule has 1 fully saturated rings. The van der Waals surface area contributed by atoms with Crippen LogP contribution in [0.25, 0.3) is 0 Å². The number of nitrogens with zero attached hydrogens (tertiary/aromatic N) is 2. The van der Waals surface area contributed by atoms with Crippen LogP contribution in [0.4, 0.5) is 15.8 Å². The predicted octanol–water partition coefficient (Wildman–Crippen LogP) is 3.11. The second kappa shape index (κ2) is 5.12. The predicted molar refractivity (Wildman–Crippen MR) is 63.7 cm³/mol. The number of nitro groups is 1. The Morgan fingerprint density at radius 3 is 2.41 bits per heavy atom. The zero-order valence-corrected chi connectivity index (χ0v) is 9.56. The third kappa shape index (κ3) is 2.72. The lowest BCUT2D eigenvalue weighted by molar-refractivity contribution is -0.384. The summed E-state index contributed by atoms with van der Waals surface area (Å²) < 4.78 is 13.2. The van der Waals surface area contributed by atoms with Gasteiger partial charge in [-0.2, -0.15) is 0 Å². The molecule has 0 atom stereocenters. The van der Waals surface area contributed by atoms with E-state index in [4.69, 9.17) is 0 Å². The van der Waals surface area contributed by atoms with E-state index >= 15 is 0 Å². The van der Waals surface area contributed by atoms with E-state index < -0.39 is 10.7 Å². The monoisotopic (exact) mass is 238 g/mol. The van der Waals surface area contributed by atoms with Gasteiger partial charge in [-0.05, 0) is 18.9 Å². The summed E-state index contributed by atoms with van der Waals surface area (Å²) in [5, 5.41) is 10.9. The number of hydrogen-bond acceptors (Lipinski definition) is 3. The van der Waals surface area contributed by atoms with Crippen LogP contribution in [0.1, 0.15) is 25.7 Å². The zero-order chi connectivity index (χ0) is 12.3. The fraction of sp³-hybridized carbons (Fsp3) is 0.500. The van der Waals surface area contributed by atoms with Crippen LogP contribution in [0, 0.1) is 15.9 Å². The van der Waals surface area contributed by atoms with Gasteiger partial charge in [-0.25, -0.2) is 4.39 Å². The lowest BCUT2D eigenvalue weighted by Crippen LogP contribution is -2.24. The van der Waals surface area contributed by atoms with Crippen molar-refractivity contribution in [2.24, 2.45) is 0 Å². The minimum Gasteiger partial charge on any atom is -0.366 e. The molecule has 0 aliphatic carbocycles. The molecular weight excluding hydrogens is 223 g/mol. The van der Waals surface area contributed by atoms with E-state index in [0.717, 1.165) is 44.8 Å². The summed E-state index contributed by atoms with van der Waals surface area (Å²) in [5.41, 5.74) is 0.408. The van der Waals surface area contributed by atoms with E-state index in [1.807, 2.05) is 4.90 Å². The summed E-state index contributed by atoms with van der Waals surface area (Å²) in [6.07, 6.45) is 4.29. The van der Waals surface area contributed by atoms with Crippen molar-refractivity contribution < 1.29 is 9.31 Å². The van der Waals surface area contributed by atoms with E-state index in [-0.39, 0.29) is 5.69 Å². The van der Waals surface area contributed by atoms with E-state index in [1.165, 1.54) is 12.1 Å². The lowest BCUT2D eigenvalue weighted by atomic mass is 10.2. The molecule has 0 unspecified atom stereocenters. The third-order valence-electron chi connectivity index (χ3n) is 3.08. The van der Waals surface area contributed by atoms with Crippen LogP contribution in [0.2, 0.25) is 0 Å². The third-order valence-corrected chi connectivity index (χ3v) is 3.08. The van der Waals surface area contributed by atoms with Crippen LogP contribution in [-0.4, -0.2) is 18.0 Å². The van der Waals surface area contributed by atoms with Crippen molar-refractivity contribution in [3.63, 3.8) is 0 Å². The Hall–Kier alpha value is -1.65. The van der Waals surface area contributed by atoms with Gasteiger partial charge in [-0.15, -0.1) is 0 Å². The molecule has 1 aliphatic heterocycles. The maximum absolute atomic E-state index is 13.2. The standard InChI is InChI=1S/C12H15FN2O2/c13-10-5-6-11(15(16)17)12(9-10)14-7-3-1-2-4-8-14/h5-6,9H,1-4,7-8H2. The quantitative estimate of drug-likeness (QED) is 0.587. The topological polar surface area (TPSA) is 46.4 Å². The molecule has 0 spiro atoms. The molecule has 1 aromatic rings. The Balaban J connectivity index is 2.34. The molecule has 5 heteroatoms. The minimum atomic E-state index is -0.445. The second-order valence-electron chi connectivity index (χ2n) is 4.29. The van der Waals surface area contributed by atoms with Crippen LogP contribution in [0.15, 0.2) is 18.2 Å². The number of rotatable bonds is 2. The van der Waals surface area contributed by atoms with Crippen molar-refractivity contribution >= 4 is 11.4 Å². The Bertz CT molecular complexity index is 415. The molecule has 1 aromatic carbocycles. The first kappa shape index (κ1) is 11.8. The number of benzene rings is 1. The summed E-state index contributed by atoms with van der Waals surface area (Å²) in [4.78, 5) is 12.4. The average molecular weight is 238 g/mol. The van der Waals surface area contributed by atoms with E-state index in [2.05, 4.69) is 0 Å². The SMILES string of the molecule is O=[N+]([O-])c1ccc(F)cc1N1CCCCCC1. The lowest BCUT2D eigenvalue weighted by Gasteiger charge is -2.22. The Morgan fingerprint density at radius 1 is 1.18 bits per heavy atom. The Kier molecular flexibility index (Phi) is 3.56. The summed E-state index contributed by atoms with van der Waals surface area (Å²) >= 11 is 0. The van der Waals surface area contributed by atoms with Gasteiger partial charge < -0.3 is 4.90 Å². The molecule has 0 bridgehead atoms. The van der Waals surface area contributed by atoms with Crippen LogP contribution in [-0.2, 0) is 0 Å². The first-order valence-corrected chi connectivity index (χ1v) is 5.87. The summed E-state index contributed by atoms with van der Waals surface area (Å²) in [6, 6.07) is 3.65. The highest BCUT2D eigenvalue weighted by atomic mass is 19.1. The molecule has 0 N–H and O–H groups in total. The van der Waals surface area contributed by atoms with Crippen molar-refractivity contribution in [3.05, 3.63) is 34.1 Å². The smallest absolute Gasteiger partial charge is 0.292 e. The van der Waals surface area contributed by atoms with Crippen molar-refractivity contribution in [1.29, 1.82) is 0 Å². The summed E-state index contributed by atoms with van der Waals surface area (Å²) in [7, 11) is 0. The van der Waals surface area contributed by atoms with Gasteiger partial charge in [0.1, 0.15) is 11.5 Å². The van der Waals surface area contributed by atoms with Gasteiger partial charge in [-0.3, -0.25) is 10.1 Å². The molecule has 17 heavy (non-hydrogen) atoms. The van der Waals surface area contributed by atoms with Crippen molar-refractivity contribution in [2.45, 2.75) is 25.7 Å². The Labute approximate surface area is 99.2 Å². The van der Waals surface area contributed by atoms with Crippen molar-refractivity contribution in [1.82, 2.24) is 0 Å². The van der Waals surface area contributed by atoms with Gasteiger partial charge in [-0.1, -0.05) is 12.8 Å². The molecule has 4 nitrogen and oxygen atoms in total. The molecule has 1 heterocycles. The molecule has 0 radical (unpaired) electrons. The highest BCUT2D eigenvalue weighted by molar-refractivity contribution is 5.63.